The molecule has 4 rings (SSSR count). The summed E-state index contributed by atoms with van der Waals surface area (Å²) in [5.41, 5.74) is 1.77. The van der Waals surface area contributed by atoms with Crippen molar-refractivity contribution in [1.29, 1.82) is 0 Å². The quantitative estimate of drug-likeness (QED) is 0.721. The van der Waals surface area contributed by atoms with Gasteiger partial charge in [0, 0.05) is 28.1 Å². The third-order valence-corrected chi connectivity index (χ3v) is 3.88. The number of rotatable bonds is 4. The SMILES string of the molecule is O=Cc1nc(Nc2cc(C3CC3)[nH]n2)c2cc(Cl)ccc2n1. The fraction of sp³-hybridized carbons (Fsp3) is 0.200. The van der Waals surface area contributed by atoms with Crippen LogP contribution in [0.3, 0.4) is 0 Å². The Hall–Kier alpha value is -2.47. The molecule has 22 heavy (non-hydrogen) atoms. The molecule has 0 radical (unpaired) electrons. The Bertz CT molecular complexity index is 871. The zero-order valence-electron chi connectivity index (χ0n) is 11.5. The van der Waals surface area contributed by atoms with E-state index in [0.29, 0.717) is 34.4 Å². The number of nitrogens with one attached hydrogen (secondary N) is 2. The van der Waals surface area contributed by atoms with Crippen molar-refractivity contribution in [2.24, 2.45) is 0 Å². The summed E-state index contributed by atoms with van der Waals surface area (Å²) in [6.07, 6.45) is 3.02. The number of nitrogens with zero attached hydrogens (tertiary/aromatic N) is 3. The van der Waals surface area contributed by atoms with Crippen molar-refractivity contribution in [3.8, 4) is 0 Å². The van der Waals surface area contributed by atoms with Crippen LogP contribution >= 0.6 is 11.6 Å². The summed E-state index contributed by atoms with van der Waals surface area (Å²) >= 11 is 6.05. The Labute approximate surface area is 130 Å². The molecule has 1 saturated carbocycles. The molecule has 0 bridgehead atoms. The summed E-state index contributed by atoms with van der Waals surface area (Å²) in [7, 11) is 0. The molecule has 2 aromatic heterocycles. The number of anilines is 2. The number of aldehydes is 1. The summed E-state index contributed by atoms with van der Waals surface area (Å²) in [5, 5.41) is 11.7. The second-order valence-corrected chi connectivity index (χ2v) is 5.75. The summed E-state index contributed by atoms with van der Waals surface area (Å²) in [4.78, 5) is 19.4. The molecule has 0 saturated heterocycles. The van der Waals surface area contributed by atoms with Crippen molar-refractivity contribution in [1.82, 2.24) is 20.2 Å². The minimum Gasteiger partial charge on any atom is -0.323 e. The number of H-pyrrole nitrogens is 1. The molecule has 0 unspecified atom stereocenters. The van der Waals surface area contributed by atoms with Gasteiger partial charge in [0.05, 0.1) is 5.52 Å². The standard InChI is InChI=1S/C15H12ClN5O/c16-9-3-4-11-10(5-9)15(19-14(7-22)17-11)18-13-6-12(20-21-13)8-1-2-8/h3-8H,1-2H2,(H2,17,18,19,20,21). The highest BCUT2D eigenvalue weighted by molar-refractivity contribution is 6.31. The summed E-state index contributed by atoms with van der Waals surface area (Å²) in [6.45, 7) is 0. The zero-order valence-corrected chi connectivity index (χ0v) is 12.3. The Balaban J connectivity index is 1.77. The summed E-state index contributed by atoms with van der Waals surface area (Å²) < 4.78 is 0. The van der Waals surface area contributed by atoms with E-state index in [-0.39, 0.29) is 5.82 Å². The van der Waals surface area contributed by atoms with Gasteiger partial charge in [0.15, 0.2) is 17.9 Å². The molecule has 1 fully saturated rings. The molecule has 1 aromatic carbocycles. The molecule has 2 heterocycles. The van der Waals surface area contributed by atoms with Crippen LogP contribution in [0.2, 0.25) is 5.02 Å². The minimum atomic E-state index is 0.121. The molecule has 7 heteroatoms. The highest BCUT2D eigenvalue weighted by Gasteiger charge is 2.25. The van der Waals surface area contributed by atoms with Crippen molar-refractivity contribution in [3.05, 3.63) is 40.8 Å². The molecule has 0 atom stereocenters. The highest BCUT2D eigenvalue weighted by Crippen LogP contribution is 2.39. The lowest BCUT2D eigenvalue weighted by atomic mass is 10.2. The van der Waals surface area contributed by atoms with Crippen LogP contribution < -0.4 is 5.32 Å². The topological polar surface area (TPSA) is 83.6 Å². The van der Waals surface area contributed by atoms with Gasteiger partial charge in [0.25, 0.3) is 0 Å². The summed E-state index contributed by atoms with van der Waals surface area (Å²) in [6, 6.07) is 7.23. The lowest BCUT2D eigenvalue weighted by Gasteiger charge is -2.07. The third-order valence-electron chi connectivity index (χ3n) is 3.64. The molecule has 2 N–H and O–H groups in total. The second kappa shape index (κ2) is 5.06. The Morgan fingerprint density at radius 1 is 1.27 bits per heavy atom. The molecule has 0 amide bonds. The number of carbonyl (C=O) groups is 1. The van der Waals surface area contributed by atoms with Gasteiger partial charge in [0.1, 0.15) is 5.82 Å². The molecule has 6 nitrogen and oxygen atoms in total. The zero-order chi connectivity index (χ0) is 15.1. The van der Waals surface area contributed by atoms with E-state index in [4.69, 9.17) is 11.6 Å². The van der Waals surface area contributed by atoms with Crippen LogP contribution in [0.1, 0.15) is 35.1 Å². The van der Waals surface area contributed by atoms with Gasteiger partial charge in [-0.1, -0.05) is 11.6 Å². The normalized spacial score (nSPS) is 14.2. The van der Waals surface area contributed by atoms with E-state index in [0.717, 1.165) is 11.1 Å². The molecule has 110 valence electrons. The van der Waals surface area contributed by atoms with Crippen LogP contribution in [0.5, 0.6) is 0 Å². The van der Waals surface area contributed by atoms with Crippen LogP contribution in [0.25, 0.3) is 10.9 Å². The first-order valence-electron chi connectivity index (χ1n) is 6.98. The number of hydrogen-bond acceptors (Lipinski definition) is 5. The van der Waals surface area contributed by atoms with E-state index >= 15 is 0 Å². The van der Waals surface area contributed by atoms with Crippen LogP contribution in [-0.2, 0) is 0 Å². The Morgan fingerprint density at radius 3 is 2.91 bits per heavy atom. The maximum absolute atomic E-state index is 11.0. The van der Waals surface area contributed by atoms with Gasteiger partial charge in [-0.3, -0.25) is 9.89 Å². The summed E-state index contributed by atoms with van der Waals surface area (Å²) in [5.74, 6) is 1.89. The first-order valence-corrected chi connectivity index (χ1v) is 7.35. The number of benzene rings is 1. The number of halogens is 1. The van der Waals surface area contributed by atoms with Gasteiger partial charge >= 0.3 is 0 Å². The molecule has 1 aliphatic rings. The van der Waals surface area contributed by atoms with Gasteiger partial charge < -0.3 is 5.32 Å². The van der Waals surface area contributed by atoms with Gasteiger partial charge in [-0.15, -0.1) is 0 Å². The number of aromatic nitrogens is 4. The second-order valence-electron chi connectivity index (χ2n) is 5.32. The van der Waals surface area contributed by atoms with Crippen molar-refractivity contribution >= 4 is 40.4 Å². The van der Waals surface area contributed by atoms with Gasteiger partial charge in [-0.25, -0.2) is 9.97 Å². The minimum absolute atomic E-state index is 0.121. The Kier molecular flexibility index (Phi) is 3.04. The molecular weight excluding hydrogens is 302 g/mol. The van der Waals surface area contributed by atoms with Crippen molar-refractivity contribution in [2.75, 3.05) is 5.32 Å². The fourth-order valence-electron chi connectivity index (χ4n) is 2.39. The molecule has 3 aromatic rings. The van der Waals surface area contributed by atoms with Crippen molar-refractivity contribution in [3.63, 3.8) is 0 Å². The van der Waals surface area contributed by atoms with E-state index in [2.05, 4.69) is 25.5 Å². The average molecular weight is 314 g/mol. The van der Waals surface area contributed by atoms with E-state index in [1.165, 1.54) is 12.8 Å². The molecule has 0 spiro atoms. The van der Waals surface area contributed by atoms with Crippen molar-refractivity contribution < 1.29 is 4.79 Å². The third kappa shape index (κ3) is 2.42. The van der Waals surface area contributed by atoms with Crippen LogP contribution in [0.15, 0.2) is 24.3 Å². The van der Waals surface area contributed by atoms with Gasteiger partial charge in [-0.2, -0.15) is 5.10 Å². The number of fused-ring (bicyclic) bond motifs is 1. The lowest BCUT2D eigenvalue weighted by molar-refractivity contribution is 0.111. The van der Waals surface area contributed by atoms with E-state index in [9.17, 15) is 4.79 Å². The first-order chi connectivity index (χ1) is 10.7. The largest absolute Gasteiger partial charge is 0.323 e. The van der Waals surface area contributed by atoms with E-state index in [1.807, 2.05) is 6.07 Å². The van der Waals surface area contributed by atoms with E-state index in [1.54, 1.807) is 18.2 Å². The molecular formula is C15H12ClN5O. The average Bonchev–Trinajstić information content (AvgIpc) is 3.27. The number of carbonyl (C=O) groups excluding carboxylic acids is 1. The van der Waals surface area contributed by atoms with Crippen LogP contribution in [-0.4, -0.2) is 26.5 Å². The molecule has 1 aliphatic carbocycles. The van der Waals surface area contributed by atoms with Crippen LogP contribution in [0, 0.1) is 0 Å². The van der Waals surface area contributed by atoms with Gasteiger partial charge in [-0.05, 0) is 31.0 Å². The molecule has 0 aliphatic heterocycles. The smallest absolute Gasteiger partial charge is 0.195 e. The first kappa shape index (κ1) is 13.2. The fourth-order valence-corrected chi connectivity index (χ4v) is 2.56. The maximum atomic E-state index is 11.0. The van der Waals surface area contributed by atoms with Gasteiger partial charge in [0.2, 0.25) is 0 Å². The Morgan fingerprint density at radius 2 is 2.14 bits per heavy atom. The van der Waals surface area contributed by atoms with Crippen molar-refractivity contribution in [2.45, 2.75) is 18.8 Å². The predicted molar refractivity (Wildman–Crippen MR) is 83.8 cm³/mol. The predicted octanol–water partition coefficient (Wildman–Crippen LogP) is 3.44. The maximum Gasteiger partial charge on any atom is 0.195 e. The monoisotopic (exact) mass is 313 g/mol. The number of aromatic amines is 1. The van der Waals surface area contributed by atoms with E-state index < -0.39 is 0 Å². The lowest BCUT2D eigenvalue weighted by Crippen LogP contribution is -2.01. The number of hydrogen-bond donors (Lipinski definition) is 2. The van der Waals surface area contributed by atoms with Crippen LogP contribution in [0.4, 0.5) is 11.6 Å². The highest BCUT2D eigenvalue weighted by atomic mass is 35.5.